The first-order valence-electron chi connectivity index (χ1n) is 4.62. The van der Waals surface area contributed by atoms with E-state index in [2.05, 4.69) is 0 Å². The van der Waals surface area contributed by atoms with Crippen molar-refractivity contribution in [2.45, 2.75) is 19.6 Å². The minimum Gasteiger partial charge on any atom is -0.481 e. The molecule has 1 atom stereocenters. The zero-order valence-corrected chi connectivity index (χ0v) is 9.63. The normalized spacial score (nSPS) is 12.4. The van der Waals surface area contributed by atoms with Crippen LogP contribution >= 0.6 is 0 Å². The van der Waals surface area contributed by atoms with Crippen molar-refractivity contribution in [2.24, 2.45) is 0 Å². The Kier molecular flexibility index (Phi) is 4.03. The van der Waals surface area contributed by atoms with Crippen molar-refractivity contribution in [3.05, 3.63) is 34.9 Å². The molecule has 82 valence electrons. The Balaban J connectivity index is 2.76. The van der Waals surface area contributed by atoms with Gasteiger partial charge in [0.05, 0.1) is 0 Å². The zero-order chi connectivity index (χ0) is 11.4. The molecule has 0 spiro atoms. The van der Waals surface area contributed by atoms with Gasteiger partial charge in [0.15, 0.2) is 0 Å². The van der Waals surface area contributed by atoms with Crippen molar-refractivity contribution in [3.8, 4) is 0 Å². The maximum atomic E-state index is 11.4. The monoisotopic (exact) mass is 226 g/mol. The Hall–Kier alpha value is -1.16. The number of aryl methyl sites for hydroxylation is 2. The number of benzene rings is 1. The van der Waals surface area contributed by atoms with E-state index < -0.39 is 16.8 Å². The van der Waals surface area contributed by atoms with Crippen LogP contribution in [0.4, 0.5) is 0 Å². The van der Waals surface area contributed by atoms with E-state index in [1.54, 1.807) is 0 Å². The largest absolute Gasteiger partial charge is 0.481 e. The summed E-state index contributed by atoms with van der Waals surface area (Å²) in [5, 5.41) is 8.49. The first kappa shape index (κ1) is 11.9. The quantitative estimate of drug-likeness (QED) is 0.849. The van der Waals surface area contributed by atoms with Gasteiger partial charge in [-0.05, 0) is 25.0 Å². The first-order valence-corrected chi connectivity index (χ1v) is 6.10. The van der Waals surface area contributed by atoms with Crippen molar-refractivity contribution in [3.63, 3.8) is 0 Å². The Morgan fingerprint density at radius 1 is 1.40 bits per heavy atom. The molecule has 0 aliphatic carbocycles. The molecule has 0 fully saturated rings. The van der Waals surface area contributed by atoms with Crippen molar-refractivity contribution in [1.29, 1.82) is 0 Å². The minimum atomic E-state index is -1.32. The summed E-state index contributed by atoms with van der Waals surface area (Å²) in [6.45, 7) is 3.90. The average molecular weight is 226 g/mol. The van der Waals surface area contributed by atoms with Gasteiger partial charge < -0.3 is 5.11 Å². The molecule has 1 rings (SSSR count). The van der Waals surface area contributed by atoms with Gasteiger partial charge in [-0.3, -0.25) is 9.00 Å². The highest BCUT2D eigenvalue weighted by Gasteiger charge is 2.08. The van der Waals surface area contributed by atoms with Gasteiger partial charge in [-0.2, -0.15) is 0 Å². The van der Waals surface area contributed by atoms with E-state index in [1.807, 2.05) is 32.0 Å². The van der Waals surface area contributed by atoms with E-state index in [9.17, 15) is 9.00 Å². The molecular formula is C11H14O3S. The lowest BCUT2D eigenvalue weighted by Crippen LogP contribution is -2.11. The minimum absolute atomic E-state index is 0.284. The van der Waals surface area contributed by atoms with Crippen LogP contribution in [0.15, 0.2) is 18.2 Å². The second kappa shape index (κ2) is 5.07. The number of carboxylic acids is 1. The summed E-state index contributed by atoms with van der Waals surface area (Å²) >= 11 is 0. The SMILES string of the molecule is Cc1ccc(C)c(C[S@](=O)CC(=O)O)c1. The molecule has 1 N–H and O–H groups in total. The van der Waals surface area contributed by atoms with Gasteiger partial charge in [-0.25, -0.2) is 0 Å². The van der Waals surface area contributed by atoms with Gasteiger partial charge in [-0.1, -0.05) is 23.8 Å². The summed E-state index contributed by atoms with van der Waals surface area (Å²) in [6.07, 6.45) is 0. The highest BCUT2D eigenvalue weighted by Crippen LogP contribution is 2.12. The smallest absolute Gasteiger partial charge is 0.316 e. The summed E-state index contributed by atoms with van der Waals surface area (Å²) < 4.78 is 11.4. The van der Waals surface area contributed by atoms with Crippen LogP contribution in [0.25, 0.3) is 0 Å². The summed E-state index contributed by atoms with van der Waals surface area (Å²) in [6, 6.07) is 5.90. The maximum Gasteiger partial charge on any atom is 0.316 e. The number of aliphatic carboxylic acids is 1. The Labute approximate surface area is 91.6 Å². The van der Waals surface area contributed by atoms with Gasteiger partial charge in [0.2, 0.25) is 0 Å². The van der Waals surface area contributed by atoms with Crippen molar-refractivity contribution < 1.29 is 14.1 Å². The molecule has 0 saturated carbocycles. The van der Waals surface area contributed by atoms with Crippen LogP contribution in [-0.4, -0.2) is 21.0 Å². The van der Waals surface area contributed by atoms with Crippen LogP contribution in [0.1, 0.15) is 16.7 Å². The number of carbonyl (C=O) groups is 1. The van der Waals surface area contributed by atoms with Crippen molar-refractivity contribution in [1.82, 2.24) is 0 Å². The third-order valence-electron chi connectivity index (χ3n) is 2.11. The molecule has 0 bridgehead atoms. The fraction of sp³-hybridized carbons (Fsp3) is 0.364. The number of hydrogen-bond acceptors (Lipinski definition) is 2. The van der Waals surface area contributed by atoms with E-state index in [0.717, 1.165) is 16.7 Å². The maximum absolute atomic E-state index is 11.4. The van der Waals surface area contributed by atoms with E-state index in [4.69, 9.17) is 5.11 Å². The molecule has 0 aromatic heterocycles. The highest BCUT2D eigenvalue weighted by molar-refractivity contribution is 7.84. The number of carboxylic acid groups (broad SMARTS) is 1. The van der Waals surface area contributed by atoms with E-state index in [1.165, 1.54) is 0 Å². The second-order valence-electron chi connectivity index (χ2n) is 3.55. The zero-order valence-electron chi connectivity index (χ0n) is 8.82. The summed E-state index contributed by atoms with van der Waals surface area (Å²) in [7, 11) is -1.32. The van der Waals surface area contributed by atoms with Gasteiger partial charge in [0.25, 0.3) is 0 Å². The molecule has 0 saturated heterocycles. The molecule has 4 heteroatoms. The highest BCUT2D eigenvalue weighted by atomic mass is 32.2. The van der Waals surface area contributed by atoms with Crippen LogP contribution < -0.4 is 0 Å². The third kappa shape index (κ3) is 3.83. The van der Waals surface area contributed by atoms with Gasteiger partial charge in [0, 0.05) is 16.6 Å². The lowest BCUT2D eigenvalue weighted by atomic mass is 10.1. The molecular weight excluding hydrogens is 212 g/mol. The molecule has 0 heterocycles. The molecule has 0 unspecified atom stereocenters. The van der Waals surface area contributed by atoms with Crippen LogP contribution in [0.3, 0.4) is 0 Å². The fourth-order valence-corrected chi connectivity index (χ4v) is 2.35. The van der Waals surface area contributed by atoms with Crippen LogP contribution in [0.5, 0.6) is 0 Å². The number of hydrogen-bond donors (Lipinski definition) is 1. The van der Waals surface area contributed by atoms with Crippen LogP contribution in [0.2, 0.25) is 0 Å². The molecule has 0 aliphatic rings. The summed E-state index contributed by atoms with van der Waals surface area (Å²) in [5.41, 5.74) is 3.12. The number of rotatable bonds is 4. The molecule has 0 radical (unpaired) electrons. The van der Waals surface area contributed by atoms with Gasteiger partial charge >= 0.3 is 5.97 Å². The fourth-order valence-electron chi connectivity index (χ4n) is 1.32. The predicted molar refractivity (Wildman–Crippen MR) is 60.3 cm³/mol. The topological polar surface area (TPSA) is 54.4 Å². The molecule has 0 amide bonds. The van der Waals surface area contributed by atoms with Crippen molar-refractivity contribution in [2.75, 3.05) is 5.75 Å². The Morgan fingerprint density at radius 2 is 2.07 bits per heavy atom. The molecule has 0 aliphatic heterocycles. The average Bonchev–Trinajstić information content (AvgIpc) is 2.10. The predicted octanol–water partition coefficient (Wildman–Crippen LogP) is 1.64. The van der Waals surface area contributed by atoms with E-state index >= 15 is 0 Å². The Bertz CT molecular complexity index is 399. The molecule has 1 aromatic rings. The van der Waals surface area contributed by atoms with Crippen molar-refractivity contribution >= 4 is 16.8 Å². The third-order valence-corrected chi connectivity index (χ3v) is 3.31. The lowest BCUT2D eigenvalue weighted by Gasteiger charge is -2.05. The second-order valence-corrected chi connectivity index (χ2v) is 5.01. The lowest BCUT2D eigenvalue weighted by molar-refractivity contribution is -0.133. The van der Waals surface area contributed by atoms with E-state index in [0.29, 0.717) is 5.75 Å². The summed E-state index contributed by atoms with van der Waals surface area (Å²) in [4.78, 5) is 10.4. The van der Waals surface area contributed by atoms with Crippen LogP contribution in [-0.2, 0) is 21.3 Å². The Morgan fingerprint density at radius 3 is 2.67 bits per heavy atom. The molecule has 15 heavy (non-hydrogen) atoms. The molecule has 1 aromatic carbocycles. The van der Waals surface area contributed by atoms with Gasteiger partial charge in [-0.15, -0.1) is 0 Å². The molecule has 3 nitrogen and oxygen atoms in total. The van der Waals surface area contributed by atoms with Gasteiger partial charge in [0.1, 0.15) is 5.75 Å². The van der Waals surface area contributed by atoms with E-state index in [-0.39, 0.29) is 5.75 Å². The van der Waals surface area contributed by atoms with Crippen LogP contribution in [0, 0.1) is 13.8 Å². The standard InChI is InChI=1S/C11H14O3S/c1-8-3-4-9(2)10(5-8)6-15(14)7-11(12)13/h3-5H,6-7H2,1-2H3,(H,12,13)/t15-/m0/s1. The first-order chi connectivity index (χ1) is 6.99. The summed E-state index contributed by atoms with van der Waals surface area (Å²) in [5.74, 6) is -0.980.